The summed E-state index contributed by atoms with van der Waals surface area (Å²) in [6.45, 7) is 4.66. The fourth-order valence-electron chi connectivity index (χ4n) is 3.82. The number of carbonyl (C=O) groups excluding carboxylic acids is 1. The quantitative estimate of drug-likeness (QED) is 0.634. The van der Waals surface area contributed by atoms with Crippen LogP contribution in [-0.2, 0) is 21.5 Å². The van der Waals surface area contributed by atoms with Gasteiger partial charge in [0.05, 0.1) is 12.7 Å². The fourth-order valence-corrected chi connectivity index (χ4v) is 3.82. The number of esters is 1. The first-order valence-electron chi connectivity index (χ1n) is 8.92. The van der Waals surface area contributed by atoms with Gasteiger partial charge < -0.3 is 4.74 Å². The molecule has 4 nitrogen and oxygen atoms in total. The van der Waals surface area contributed by atoms with Crippen molar-refractivity contribution in [2.45, 2.75) is 38.3 Å². The zero-order valence-corrected chi connectivity index (χ0v) is 16.3. The van der Waals surface area contributed by atoms with Crippen LogP contribution in [-0.4, -0.2) is 21.9 Å². The molecule has 0 amide bonds. The van der Waals surface area contributed by atoms with Gasteiger partial charge in [-0.25, -0.2) is 0 Å². The molecule has 2 heterocycles. The standard InChI is InChI=1S/C22H22N2O2.ClH/c1-16-14-23-24(17(16)2)15-20-13-22(21(25)26-20,18-9-5-3-6-10-18)19-11-7-4-8-12-19;/h3-12,14,20H,13,15H2,1-2H3;1H. The number of hydrogen-bond donors (Lipinski definition) is 0. The molecule has 0 radical (unpaired) electrons. The molecular formula is C22H23ClN2O2. The second kappa shape index (κ2) is 7.57. The first-order chi connectivity index (χ1) is 12.6. The van der Waals surface area contributed by atoms with E-state index in [0.717, 1.165) is 22.4 Å². The molecule has 5 heteroatoms. The van der Waals surface area contributed by atoms with Gasteiger partial charge in [-0.3, -0.25) is 9.48 Å². The lowest BCUT2D eigenvalue weighted by molar-refractivity contribution is -0.145. The summed E-state index contributed by atoms with van der Waals surface area (Å²) >= 11 is 0. The van der Waals surface area contributed by atoms with Crippen LogP contribution in [0.2, 0.25) is 0 Å². The van der Waals surface area contributed by atoms with Gasteiger partial charge >= 0.3 is 5.97 Å². The highest BCUT2D eigenvalue weighted by molar-refractivity contribution is 5.89. The molecule has 0 bridgehead atoms. The summed E-state index contributed by atoms with van der Waals surface area (Å²) in [6, 6.07) is 19.9. The Morgan fingerprint density at radius 1 is 1.04 bits per heavy atom. The highest BCUT2D eigenvalue weighted by Crippen LogP contribution is 2.43. The van der Waals surface area contributed by atoms with E-state index in [-0.39, 0.29) is 24.5 Å². The molecule has 0 aliphatic carbocycles. The maximum absolute atomic E-state index is 13.1. The van der Waals surface area contributed by atoms with E-state index < -0.39 is 5.41 Å². The van der Waals surface area contributed by atoms with E-state index in [1.165, 1.54) is 0 Å². The Kier molecular flexibility index (Phi) is 5.38. The SMILES string of the molecule is Cc1cnn(CC2CC(c3ccccc3)(c3ccccc3)C(=O)O2)c1C.Cl. The van der Waals surface area contributed by atoms with Gasteiger partial charge in [-0.2, -0.15) is 5.10 Å². The number of halogens is 1. The molecule has 0 N–H and O–H groups in total. The van der Waals surface area contributed by atoms with Crippen molar-refractivity contribution in [3.05, 3.63) is 89.2 Å². The van der Waals surface area contributed by atoms with Gasteiger partial charge in [-0.05, 0) is 30.5 Å². The molecule has 140 valence electrons. The Bertz CT molecular complexity index is 883. The summed E-state index contributed by atoms with van der Waals surface area (Å²) in [5, 5.41) is 4.42. The van der Waals surface area contributed by atoms with Crippen LogP contribution >= 0.6 is 12.4 Å². The lowest BCUT2D eigenvalue weighted by atomic mass is 9.72. The molecule has 0 saturated carbocycles. The number of aryl methyl sites for hydroxylation is 1. The van der Waals surface area contributed by atoms with Crippen LogP contribution < -0.4 is 0 Å². The third kappa shape index (κ3) is 3.26. The van der Waals surface area contributed by atoms with E-state index in [1.807, 2.05) is 85.4 Å². The molecular weight excluding hydrogens is 360 g/mol. The number of hydrogen-bond acceptors (Lipinski definition) is 3. The Morgan fingerprint density at radius 2 is 1.59 bits per heavy atom. The number of ether oxygens (including phenoxy) is 1. The highest BCUT2D eigenvalue weighted by atomic mass is 35.5. The van der Waals surface area contributed by atoms with Crippen molar-refractivity contribution < 1.29 is 9.53 Å². The van der Waals surface area contributed by atoms with Crippen molar-refractivity contribution >= 4 is 18.4 Å². The van der Waals surface area contributed by atoms with Crippen LogP contribution in [0.3, 0.4) is 0 Å². The minimum absolute atomic E-state index is 0. The average Bonchev–Trinajstić information content (AvgIpc) is 3.18. The summed E-state index contributed by atoms with van der Waals surface area (Å²) < 4.78 is 7.78. The van der Waals surface area contributed by atoms with Gasteiger partial charge in [-0.1, -0.05) is 60.7 Å². The Hall–Kier alpha value is -2.59. The summed E-state index contributed by atoms with van der Waals surface area (Å²) in [6.07, 6.45) is 2.26. The minimum Gasteiger partial charge on any atom is -0.459 e. The van der Waals surface area contributed by atoms with E-state index in [2.05, 4.69) is 5.10 Å². The van der Waals surface area contributed by atoms with Gasteiger partial charge in [0.1, 0.15) is 11.5 Å². The maximum atomic E-state index is 13.1. The second-order valence-electron chi connectivity index (χ2n) is 6.96. The smallest absolute Gasteiger partial charge is 0.321 e. The maximum Gasteiger partial charge on any atom is 0.321 e. The van der Waals surface area contributed by atoms with Crippen LogP contribution in [0.1, 0.15) is 28.8 Å². The van der Waals surface area contributed by atoms with Crippen LogP contribution in [0.5, 0.6) is 0 Å². The molecule has 27 heavy (non-hydrogen) atoms. The molecule has 4 rings (SSSR count). The van der Waals surface area contributed by atoms with Gasteiger partial charge in [-0.15, -0.1) is 12.4 Å². The van der Waals surface area contributed by atoms with Crippen molar-refractivity contribution in [3.8, 4) is 0 Å². The average molecular weight is 383 g/mol. The van der Waals surface area contributed by atoms with E-state index in [9.17, 15) is 4.79 Å². The molecule has 1 saturated heterocycles. The number of aromatic nitrogens is 2. The molecule has 1 aromatic heterocycles. The van der Waals surface area contributed by atoms with Crippen LogP contribution in [0, 0.1) is 13.8 Å². The lowest BCUT2D eigenvalue weighted by Crippen LogP contribution is -2.33. The van der Waals surface area contributed by atoms with Crippen molar-refractivity contribution in [3.63, 3.8) is 0 Å². The number of carbonyl (C=O) groups is 1. The number of cyclic esters (lactones) is 1. The molecule has 1 unspecified atom stereocenters. The number of benzene rings is 2. The molecule has 1 atom stereocenters. The summed E-state index contributed by atoms with van der Waals surface area (Å²) in [5.41, 5.74) is 3.45. The Balaban J connectivity index is 0.00000210. The van der Waals surface area contributed by atoms with Gasteiger partial charge in [0.25, 0.3) is 0 Å². The topological polar surface area (TPSA) is 44.1 Å². The van der Waals surface area contributed by atoms with Crippen LogP contribution in [0.25, 0.3) is 0 Å². The van der Waals surface area contributed by atoms with E-state index in [0.29, 0.717) is 13.0 Å². The molecule has 2 aromatic carbocycles. The van der Waals surface area contributed by atoms with Gasteiger partial charge in [0.2, 0.25) is 0 Å². The zero-order valence-electron chi connectivity index (χ0n) is 15.5. The lowest BCUT2D eigenvalue weighted by Gasteiger charge is -2.26. The van der Waals surface area contributed by atoms with Gasteiger partial charge in [0.15, 0.2) is 0 Å². The summed E-state index contributed by atoms with van der Waals surface area (Å²) in [7, 11) is 0. The molecule has 3 aromatic rings. The Morgan fingerprint density at radius 3 is 2.07 bits per heavy atom. The molecule has 1 aliphatic heterocycles. The third-order valence-electron chi connectivity index (χ3n) is 5.41. The molecule has 0 spiro atoms. The molecule has 1 aliphatic rings. The summed E-state index contributed by atoms with van der Waals surface area (Å²) in [4.78, 5) is 13.1. The molecule has 1 fully saturated rings. The normalized spacial score (nSPS) is 18.0. The Labute approximate surface area is 165 Å². The zero-order chi connectivity index (χ0) is 18.1. The van der Waals surface area contributed by atoms with E-state index in [1.54, 1.807) is 0 Å². The van der Waals surface area contributed by atoms with Crippen molar-refractivity contribution in [1.82, 2.24) is 9.78 Å². The number of nitrogens with zero attached hydrogens (tertiary/aromatic N) is 2. The largest absolute Gasteiger partial charge is 0.459 e. The number of rotatable bonds is 4. The minimum atomic E-state index is -0.761. The van der Waals surface area contributed by atoms with Crippen LogP contribution in [0.15, 0.2) is 66.9 Å². The fraction of sp³-hybridized carbons (Fsp3) is 0.273. The highest BCUT2D eigenvalue weighted by Gasteiger charge is 2.51. The van der Waals surface area contributed by atoms with E-state index in [4.69, 9.17) is 4.74 Å². The first kappa shape index (κ1) is 19.2. The summed E-state index contributed by atoms with van der Waals surface area (Å²) in [5.74, 6) is -0.179. The van der Waals surface area contributed by atoms with E-state index >= 15 is 0 Å². The van der Waals surface area contributed by atoms with Crippen molar-refractivity contribution in [2.24, 2.45) is 0 Å². The first-order valence-corrected chi connectivity index (χ1v) is 8.92. The monoisotopic (exact) mass is 382 g/mol. The van der Waals surface area contributed by atoms with Gasteiger partial charge in [0, 0.05) is 12.1 Å². The third-order valence-corrected chi connectivity index (χ3v) is 5.41. The predicted octanol–water partition coefficient (Wildman–Crippen LogP) is 4.22. The van der Waals surface area contributed by atoms with Crippen LogP contribution in [0.4, 0.5) is 0 Å². The van der Waals surface area contributed by atoms with Crippen molar-refractivity contribution in [1.29, 1.82) is 0 Å². The predicted molar refractivity (Wildman–Crippen MR) is 107 cm³/mol. The second-order valence-corrected chi connectivity index (χ2v) is 6.96. The van der Waals surface area contributed by atoms with Crippen molar-refractivity contribution in [2.75, 3.05) is 0 Å².